The van der Waals surface area contributed by atoms with Crippen molar-refractivity contribution in [2.75, 3.05) is 12.4 Å². The van der Waals surface area contributed by atoms with Crippen molar-refractivity contribution in [1.29, 1.82) is 0 Å². The summed E-state index contributed by atoms with van der Waals surface area (Å²) in [7, 11) is 1.59. The average molecular weight is 521 g/mol. The molecule has 0 fully saturated rings. The molecule has 0 aliphatic carbocycles. The molecule has 0 aromatic heterocycles. The van der Waals surface area contributed by atoms with Crippen LogP contribution in [0.1, 0.15) is 30.0 Å². The first-order chi connectivity index (χ1) is 17.9. The van der Waals surface area contributed by atoms with Gasteiger partial charge in [-0.05, 0) is 65.7 Å². The van der Waals surface area contributed by atoms with Gasteiger partial charge in [-0.2, -0.15) is 10.1 Å². The number of carbonyl (C=O) groups excluding carboxylic acids is 2. The van der Waals surface area contributed by atoms with Gasteiger partial charge in [-0.3, -0.25) is 9.59 Å². The Hall–Kier alpha value is -4.05. The quantitative estimate of drug-likeness (QED) is 0.486. The molecule has 0 radical (unpaired) electrons. The second-order valence-electron chi connectivity index (χ2n) is 8.49. The van der Waals surface area contributed by atoms with Gasteiger partial charge in [0, 0.05) is 18.5 Å². The predicted octanol–water partition coefficient (Wildman–Crippen LogP) is 5.15. The molecule has 3 aromatic carbocycles. The number of ether oxygens (including phenoxy) is 1. The minimum Gasteiger partial charge on any atom is -0.497 e. The normalized spacial score (nSPS) is 19.0. The third kappa shape index (κ3) is 5.54. The van der Waals surface area contributed by atoms with Crippen molar-refractivity contribution in [2.45, 2.75) is 24.1 Å². The maximum Gasteiger partial charge on any atom is 0.262 e. The first-order valence-electron chi connectivity index (χ1n) is 11.5. The van der Waals surface area contributed by atoms with Crippen molar-refractivity contribution in [2.24, 2.45) is 10.1 Å². The topological polar surface area (TPSA) is 83.4 Å². The molecule has 0 saturated carbocycles. The molecule has 2 aliphatic rings. The zero-order valence-corrected chi connectivity index (χ0v) is 20.5. The number of methoxy groups -OCH3 is 1. The molecular formula is C27H22F2N4O3S. The Labute approximate surface area is 216 Å². The van der Waals surface area contributed by atoms with E-state index in [0.29, 0.717) is 17.3 Å². The van der Waals surface area contributed by atoms with Crippen LogP contribution in [-0.4, -0.2) is 40.1 Å². The number of hydrogen-bond donors (Lipinski definition) is 1. The molecule has 0 unspecified atom stereocenters. The van der Waals surface area contributed by atoms with Crippen LogP contribution in [0.15, 0.2) is 82.9 Å². The number of carbonyl (C=O) groups is 2. The second kappa shape index (κ2) is 10.5. The minimum absolute atomic E-state index is 0.128. The molecule has 0 spiro atoms. The average Bonchev–Trinajstić information content (AvgIpc) is 3.48. The number of hydrazone groups is 1. The van der Waals surface area contributed by atoms with Crippen molar-refractivity contribution in [3.8, 4) is 5.75 Å². The molecule has 2 heterocycles. The Morgan fingerprint density at radius 1 is 1.08 bits per heavy atom. The number of hydrogen-bond acceptors (Lipinski definition) is 6. The SMILES string of the molecule is COc1ccc(C2=NN(C3=NC(=O)[C@@H](CC(=O)Nc4cccc(F)c4)S3)[C@H](c3ccc(F)cc3)C2)cc1. The highest BCUT2D eigenvalue weighted by atomic mass is 32.2. The summed E-state index contributed by atoms with van der Waals surface area (Å²) < 4.78 is 32.3. The van der Waals surface area contributed by atoms with Crippen LogP contribution in [0.3, 0.4) is 0 Å². The number of halogens is 2. The number of thioether (sulfide) groups is 1. The summed E-state index contributed by atoms with van der Waals surface area (Å²) in [6.45, 7) is 0. The number of anilines is 1. The molecule has 2 aliphatic heterocycles. The van der Waals surface area contributed by atoms with Crippen LogP contribution in [0.4, 0.5) is 14.5 Å². The fourth-order valence-corrected chi connectivity index (χ4v) is 5.20. The summed E-state index contributed by atoms with van der Waals surface area (Å²) in [6, 6.07) is 18.8. The van der Waals surface area contributed by atoms with Crippen LogP contribution in [0.5, 0.6) is 5.75 Å². The lowest BCUT2D eigenvalue weighted by Gasteiger charge is -2.23. The van der Waals surface area contributed by atoms with Gasteiger partial charge in [0.25, 0.3) is 5.91 Å². The lowest BCUT2D eigenvalue weighted by Crippen LogP contribution is -2.25. The monoisotopic (exact) mass is 520 g/mol. The standard InChI is InChI=1S/C27H22F2N4O3S/c1-36-21-11-7-16(8-12-21)22-14-23(17-5-9-18(28)10-6-17)33(32-22)27-31-26(35)24(37-27)15-25(34)30-20-4-2-3-19(29)13-20/h2-13,23-24H,14-15H2,1H3,(H,30,34)/t23-,24+/m0/s1. The van der Waals surface area contributed by atoms with Gasteiger partial charge in [-0.1, -0.05) is 30.0 Å². The Balaban J connectivity index is 1.35. The van der Waals surface area contributed by atoms with E-state index >= 15 is 0 Å². The first kappa shape index (κ1) is 24.6. The highest BCUT2D eigenvalue weighted by Gasteiger charge is 2.39. The van der Waals surface area contributed by atoms with E-state index in [1.807, 2.05) is 24.3 Å². The van der Waals surface area contributed by atoms with Crippen LogP contribution in [-0.2, 0) is 9.59 Å². The molecule has 3 aromatic rings. The van der Waals surface area contributed by atoms with Gasteiger partial charge in [0.05, 0.1) is 18.9 Å². The molecule has 10 heteroatoms. The number of benzene rings is 3. The zero-order chi connectivity index (χ0) is 25.9. The van der Waals surface area contributed by atoms with Gasteiger partial charge < -0.3 is 10.1 Å². The van der Waals surface area contributed by atoms with E-state index in [-0.39, 0.29) is 18.3 Å². The molecular weight excluding hydrogens is 498 g/mol. The van der Waals surface area contributed by atoms with E-state index in [4.69, 9.17) is 9.84 Å². The summed E-state index contributed by atoms with van der Waals surface area (Å²) in [6.07, 6.45) is 0.383. The molecule has 7 nitrogen and oxygen atoms in total. The van der Waals surface area contributed by atoms with Crippen LogP contribution < -0.4 is 10.1 Å². The highest BCUT2D eigenvalue weighted by molar-refractivity contribution is 8.15. The lowest BCUT2D eigenvalue weighted by atomic mass is 9.98. The molecule has 188 valence electrons. The number of nitrogens with one attached hydrogen (secondary N) is 1. The largest absolute Gasteiger partial charge is 0.497 e. The third-order valence-electron chi connectivity index (χ3n) is 5.99. The van der Waals surface area contributed by atoms with Crippen LogP contribution in [0.2, 0.25) is 0 Å². The maximum absolute atomic E-state index is 13.6. The van der Waals surface area contributed by atoms with E-state index in [9.17, 15) is 18.4 Å². The highest BCUT2D eigenvalue weighted by Crippen LogP contribution is 2.38. The molecule has 2 amide bonds. The van der Waals surface area contributed by atoms with Crippen molar-refractivity contribution in [3.63, 3.8) is 0 Å². The van der Waals surface area contributed by atoms with Crippen LogP contribution in [0.25, 0.3) is 0 Å². The molecule has 0 bridgehead atoms. The summed E-state index contributed by atoms with van der Waals surface area (Å²) in [5.41, 5.74) is 2.79. The maximum atomic E-state index is 13.6. The smallest absolute Gasteiger partial charge is 0.262 e. The molecule has 0 saturated heterocycles. The Morgan fingerprint density at radius 2 is 1.84 bits per heavy atom. The Bertz CT molecular complexity index is 1390. The summed E-state index contributed by atoms with van der Waals surface area (Å²) in [5.74, 6) is -0.972. The molecule has 37 heavy (non-hydrogen) atoms. The first-order valence-corrected chi connectivity index (χ1v) is 12.4. The fraction of sp³-hybridized carbons (Fsp3) is 0.185. The number of amidine groups is 1. The van der Waals surface area contributed by atoms with E-state index in [2.05, 4.69) is 10.3 Å². The lowest BCUT2D eigenvalue weighted by molar-refractivity contribution is -0.121. The van der Waals surface area contributed by atoms with Gasteiger partial charge in [0.15, 0.2) is 5.17 Å². The molecule has 5 rings (SSSR count). The van der Waals surface area contributed by atoms with Crippen molar-refractivity contribution in [3.05, 3.63) is 95.6 Å². The predicted molar refractivity (Wildman–Crippen MR) is 139 cm³/mol. The zero-order valence-electron chi connectivity index (χ0n) is 19.7. The van der Waals surface area contributed by atoms with Gasteiger partial charge in [0.1, 0.15) is 22.6 Å². The van der Waals surface area contributed by atoms with Gasteiger partial charge in [0.2, 0.25) is 5.91 Å². The third-order valence-corrected chi connectivity index (χ3v) is 7.13. The van der Waals surface area contributed by atoms with Crippen molar-refractivity contribution in [1.82, 2.24) is 5.01 Å². The van der Waals surface area contributed by atoms with Gasteiger partial charge in [-0.15, -0.1) is 0 Å². The minimum atomic E-state index is -0.738. The van der Waals surface area contributed by atoms with Gasteiger partial charge in [-0.25, -0.2) is 13.8 Å². The summed E-state index contributed by atoms with van der Waals surface area (Å²) in [4.78, 5) is 29.4. The second-order valence-corrected chi connectivity index (χ2v) is 9.66. The van der Waals surface area contributed by atoms with Crippen molar-refractivity contribution < 1.29 is 23.1 Å². The Morgan fingerprint density at radius 3 is 2.54 bits per heavy atom. The molecule has 1 N–H and O–H groups in total. The van der Waals surface area contributed by atoms with E-state index in [0.717, 1.165) is 34.3 Å². The van der Waals surface area contributed by atoms with Crippen LogP contribution >= 0.6 is 11.8 Å². The van der Waals surface area contributed by atoms with Gasteiger partial charge >= 0.3 is 0 Å². The van der Waals surface area contributed by atoms with E-state index in [1.165, 1.54) is 30.3 Å². The number of rotatable bonds is 6. The summed E-state index contributed by atoms with van der Waals surface area (Å²) >= 11 is 1.15. The van der Waals surface area contributed by atoms with Crippen LogP contribution in [0, 0.1) is 11.6 Å². The van der Waals surface area contributed by atoms with Crippen molar-refractivity contribution >= 4 is 40.1 Å². The number of nitrogens with zero attached hydrogens (tertiary/aromatic N) is 3. The van der Waals surface area contributed by atoms with E-state index in [1.54, 1.807) is 30.3 Å². The van der Waals surface area contributed by atoms with E-state index < -0.39 is 22.9 Å². The fourth-order valence-electron chi connectivity index (χ4n) is 4.14. The number of aliphatic imine (C=N–C) groups is 1. The number of amides is 2. The Kier molecular flexibility index (Phi) is 7.00. The summed E-state index contributed by atoms with van der Waals surface area (Å²) in [5, 5.41) is 8.68. The molecule has 2 atom stereocenters.